The van der Waals surface area contributed by atoms with Gasteiger partial charge in [0.1, 0.15) is 5.76 Å². The minimum Gasteiger partial charge on any atom is -0.361 e. The van der Waals surface area contributed by atoms with Crippen LogP contribution in [0.5, 0.6) is 0 Å². The van der Waals surface area contributed by atoms with E-state index in [1.165, 1.54) is 12.0 Å². The van der Waals surface area contributed by atoms with Crippen molar-refractivity contribution < 1.29 is 9.32 Å². The van der Waals surface area contributed by atoms with Crippen LogP contribution in [0.1, 0.15) is 42.7 Å². The number of hydrogen-bond donors (Lipinski definition) is 1. The van der Waals surface area contributed by atoms with E-state index >= 15 is 0 Å². The smallest absolute Gasteiger partial charge is 0.224 e. The number of nitrogens with zero attached hydrogens (tertiary/aromatic N) is 1. The molecule has 1 N–H and O–H groups in total. The van der Waals surface area contributed by atoms with E-state index in [0.29, 0.717) is 13.0 Å². The SMILES string of the molecule is Cc1noc(C)c1CNC(=O)CC1=CCCC1. The summed E-state index contributed by atoms with van der Waals surface area (Å²) in [7, 11) is 0. The van der Waals surface area contributed by atoms with Crippen molar-refractivity contribution in [3.63, 3.8) is 0 Å². The van der Waals surface area contributed by atoms with Gasteiger partial charge < -0.3 is 9.84 Å². The maximum Gasteiger partial charge on any atom is 0.224 e. The van der Waals surface area contributed by atoms with Gasteiger partial charge in [-0.3, -0.25) is 4.79 Å². The number of nitrogens with one attached hydrogen (secondary N) is 1. The highest BCUT2D eigenvalue weighted by molar-refractivity contribution is 5.78. The van der Waals surface area contributed by atoms with Crippen LogP contribution in [-0.2, 0) is 11.3 Å². The average Bonchev–Trinajstić information content (AvgIpc) is 2.88. The predicted octanol–water partition coefficient (Wildman–Crippen LogP) is 2.41. The molecule has 1 aromatic heterocycles. The topological polar surface area (TPSA) is 55.1 Å². The predicted molar refractivity (Wildman–Crippen MR) is 64.4 cm³/mol. The van der Waals surface area contributed by atoms with Gasteiger partial charge >= 0.3 is 0 Å². The number of carbonyl (C=O) groups is 1. The van der Waals surface area contributed by atoms with Crippen molar-refractivity contribution in [2.24, 2.45) is 0 Å². The molecule has 2 rings (SSSR count). The van der Waals surface area contributed by atoms with E-state index in [2.05, 4.69) is 16.5 Å². The molecule has 92 valence electrons. The van der Waals surface area contributed by atoms with Crippen molar-refractivity contribution in [3.05, 3.63) is 28.7 Å². The van der Waals surface area contributed by atoms with Crippen LogP contribution in [0, 0.1) is 13.8 Å². The highest BCUT2D eigenvalue weighted by atomic mass is 16.5. The summed E-state index contributed by atoms with van der Waals surface area (Å²) in [5.74, 6) is 0.862. The van der Waals surface area contributed by atoms with Crippen LogP contribution < -0.4 is 5.32 Å². The summed E-state index contributed by atoms with van der Waals surface area (Å²) in [5, 5.41) is 6.77. The molecule has 4 nitrogen and oxygen atoms in total. The van der Waals surface area contributed by atoms with E-state index in [1.807, 2.05) is 13.8 Å². The highest BCUT2D eigenvalue weighted by Gasteiger charge is 2.12. The molecule has 0 aliphatic heterocycles. The van der Waals surface area contributed by atoms with Crippen LogP contribution in [0.3, 0.4) is 0 Å². The van der Waals surface area contributed by atoms with E-state index in [0.717, 1.165) is 29.9 Å². The third-order valence-electron chi connectivity index (χ3n) is 3.17. The Bertz CT molecular complexity index is 427. The van der Waals surface area contributed by atoms with Crippen molar-refractivity contribution in [1.29, 1.82) is 0 Å². The molecular weight excluding hydrogens is 216 g/mol. The van der Waals surface area contributed by atoms with Crippen LogP contribution in [-0.4, -0.2) is 11.1 Å². The first-order chi connectivity index (χ1) is 8.16. The first kappa shape index (κ1) is 11.9. The lowest BCUT2D eigenvalue weighted by atomic mass is 10.1. The first-order valence-corrected chi connectivity index (χ1v) is 6.03. The van der Waals surface area contributed by atoms with Crippen molar-refractivity contribution in [3.8, 4) is 0 Å². The van der Waals surface area contributed by atoms with Gasteiger partial charge in [0.15, 0.2) is 0 Å². The van der Waals surface area contributed by atoms with Gasteiger partial charge in [-0.1, -0.05) is 16.8 Å². The summed E-state index contributed by atoms with van der Waals surface area (Å²) in [6, 6.07) is 0. The molecule has 0 fully saturated rings. The first-order valence-electron chi connectivity index (χ1n) is 6.03. The lowest BCUT2D eigenvalue weighted by Gasteiger charge is -2.05. The Balaban J connectivity index is 1.84. The molecule has 0 saturated carbocycles. The van der Waals surface area contributed by atoms with Gasteiger partial charge in [0.2, 0.25) is 5.91 Å². The largest absolute Gasteiger partial charge is 0.361 e. The van der Waals surface area contributed by atoms with Crippen LogP contribution >= 0.6 is 0 Å². The normalized spacial score (nSPS) is 14.8. The molecule has 0 spiro atoms. The van der Waals surface area contributed by atoms with E-state index in [1.54, 1.807) is 0 Å². The second-order valence-corrected chi connectivity index (χ2v) is 4.51. The zero-order valence-corrected chi connectivity index (χ0v) is 10.4. The average molecular weight is 234 g/mol. The Kier molecular flexibility index (Phi) is 3.61. The fraction of sp³-hybridized carbons (Fsp3) is 0.538. The minimum atomic E-state index is 0.0816. The third-order valence-corrected chi connectivity index (χ3v) is 3.17. The summed E-state index contributed by atoms with van der Waals surface area (Å²) in [6.45, 7) is 4.26. The molecular formula is C13H18N2O2. The molecule has 1 heterocycles. The van der Waals surface area contributed by atoms with Gasteiger partial charge in [-0.25, -0.2) is 0 Å². The zero-order valence-electron chi connectivity index (χ0n) is 10.4. The lowest BCUT2D eigenvalue weighted by Crippen LogP contribution is -2.23. The summed E-state index contributed by atoms with van der Waals surface area (Å²) in [6.07, 6.45) is 6.08. The number of rotatable bonds is 4. The van der Waals surface area contributed by atoms with Crippen molar-refractivity contribution in [2.75, 3.05) is 0 Å². The van der Waals surface area contributed by atoms with Crippen LogP contribution in [0.15, 0.2) is 16.2 Å². The lowest BCUT2D eigenvalue weighted by molar-refractivity contribution is -0.120. The monoisotopic (exact) mass is 234 g/mol. The summed E-state index contributed by atoms with van der Waals surface area (Å²) in [5.41, 5.74) is 3.10. The maximum atomic E-state index is 11.7. The van der Waals surface area contributed by atoms with E-state index in [4.69, 9.17) is 4.52 Å². The Hall–Kier alpha value is -1.58. The number of aryl methyl sites for hydroxylation is 2. The molecule has 0 unspecified atom stereocenters. The summed E-state index contributed by atoms with van der Waals surface area (Å²) < 4.78 is 5.05. The highest BCUT2D eigenvalue weighted by Crippen LogP contribution is 2.20. The van der Waals surface area contributed by atoms with Gasteiger partial charge in [0.05, 0.1) is 5.69 Å². The molecule has 1 aliphatic carbocycles. The van der Waals surface area contributed by atoms with Gasteiger partial charge in [-0.05, 0) is 33.1 Å². The Morgan fingerprint density at radius 3 is 2.94 bits per heavy atom. The van der Waals surface area contributed by atoms with Gasteiger partial charge in [0.25, 0.3) is 0 Å². The standard InChI is InChI=1S/C13H18N2O2/c1-9-12(10(2)17-15-9)8-14-13(16)7-11-5-3-4-6-11/h5H,3-4,6-8H2,1-2H3,(H,14,16). The molecule has 0 radical (unpaired) electrons. The van der Waals surface area contributed by atoms with E-state index in [-0.39, 0.29) is 5.91 Å². The molecule has 1 aliphatic rings. The van der Waals surface area contributed by atoms with Crippen molar-refractivity contribution in [2.45, 2.75) is 46.1 Å². The van der Waals surface area contributed by atoms with Gasteiger partial charge in [0, 0.05) is 18.5 Å². The Morgan fingerprint density at radius 1 is 1.53 bits per heavy atom. The third kappa shape index (κ3) is 2.96. The molecule has 4 heteroatoms. The Labute approximate surface area is 101 Å². The van der Waals surface area contributed by atoms with Crippen molar-refractivity contribution >= 4 is 5.91 Å². The quantitative estimate of drug-likeness (QED) is 0.814. The van der Waals surface area contributed by atoms with Crippen LogP contribution in [0.2, 0.25) is 0 Å². The van der Waals surface area contributed by atoms with Crippen LogP contribution in [0.4, 0.5) is 0 Å². The molecule has 1 amide bonds. The Morgan fingerprint density at radius 2 is 2.35 bits per heavy atom. The van der Waals surface area contributed by atoms with Gasteiger partial charge in [-0.2, -0.15) is 0 Å². The molecule has 0 bridgehead atoms. The summed E-state index contributed by atoms with van der Waals surface area (Å²) >= 11 is 0. The second kappa shape index (κ2) is 5.17. The summed E-state index contributed by atoms with van der Waals surface area (Å²) in [4.78, 5) is 11.7. The molecule has 1 aromatic rings. The van der Waals surface area contributed by atoms with Crippen LogP contribution in [0.25, 0.3) is 0 Å². The number of amides is 1. The van der Waals surface area contributed by atoms with Crippen molar-refractivity contribution in [1.82, 2.24) is 10.5 Å². The molecule has 0 atom stereocenters. The number of carbonyl (C=O) groups excluding carboxylic acids is 1. The number of allylic oxidation sites excluding steroid dienone is 1. The minimum absolute atomic E-state index is 0.0816. The molecule has 0 aromatic carbocycles. The maximum absolute atomic E-state index is 11.7. The van der Waals surface area contributed by atoms with Gasteiger partial charge in [-0.15, -0.1) is 0 Å². The van der Waals surface area contributed by atoms with E-state index < -0.39 is 0 Å². The number of aromatic nitrogens is 1. The number of hydrogen-bond acceptors (Lipinski definition) is 3. The van der Waals surface area contributed by atoms with E-state index in [9.17, 15) is 4.79 Å². The fourth-order valence-electron chi connectivity index (χ4n) is 2.11. The second-order valence-electron chi connectivity index (χ2n) is 4.51. The molecule has 0 saturated heterocycles. The fourth-order valence-corrected chi connectivity index (χ4v) is 2.11. The molecule has 17 heavy (non-hydrogen) atoms. The zero-order chi connectivity index (χ0) is 12.3.